The first kappa shape index (κ1) is 17.6. The summed E-state index contributed by atoms with van der Waals surface area (Å²) in [5.41, 5.74) is 0.965. The molecule has 1 N–H and O–H groups in total. The van der Waals surface area contributed by atoms with Gasteiger partial charge in [0.15, 0.2) is 0 Å². The minimum Gasteiger partial charge on any atom is -0.497 e. The number of carbonyl (C=O) groups is 1. The number of hydrogen-bond acceptors (Lipinski definition) is 5. The Kier molecular flexibility index (Phi) is 5.58. The van der Waals surface area contributed by atoms with E-state index >= 15 is 0 Å². The number of amides is 1. The zero-order chi connectivity index (χ0) is 18.4. The Morgan fingerprint density at radius 2 is 2.08 bits per heavy atom. The fourth-order valence-electron chi connectivity index (χ4n) is 2.41. The van der Waals surface area contributed by atoms with E-state index in [1.54, 1.807) is 19.2 Å². The lowest BCUT2D eigenvalue weighted by atomic mass is 10.2. The van der Waals surface area contributed by atoms with Gasteiger partial charge in [-0.2, -0.15) is 4.98 Å². The molecular weight excluding hydrogens is 337 g/mol. The molecule has 0 aliphatic heterocycles. The van der Waals surface area contributed by atoms with Crippen LogP contribution in [-0.4, -0.2) is 23.2 Å². The number of methoxy groups -OCH3 is 1. The van der Waals surface area contributed by atoms with Gasteiger partial charge in [-0.1, -0.05) is 29.4 Å². The summed E-state index contributed by atoms with van der Waals surface area (Å²) in [6.45, 7) is 0. The van der Waals surface area contributed by atoms with Crippen LogP contribution < -0.4 is 10.1 Å². The number of nitrogens with zero attached hydrogens (tertiary/aromatic N) is 2. The lowest BCUT2D eigenvalue weighted by molar-refractivity contribution is -0.116. The summed E-state index contributed by atoms with van der Waals surface area (Å²) >= 11 is 0. The smallest absolute Gasteiger partial charge is 0.226 e. The van der Waals surface area contributed by atoms with Gasteiger partial charge in [-0.05, 0) is 30.7 Å². The number of ether oxygens (including phenoxy) is 1. The summed E-state index contributed by atoms with van der Waals surface area (Å²) in [4.78, 5) is 16.2. The third-order valence-corrected chi connectivity index (χ3v) is 3.74. The maximum absolute atomic E-state index is 13.5. The molecule has 0 bridgehead atoms. The first-order valence-corrected chi connectivity index (χ1v) is 8.17. The van der Waals surface area contributed by atoms with Gasteiger partial charge in [0.25, 0.3) is 0 Å². The van der Waals surface area contributed by atoms with Crippen molar-refractivity contribution in [3.05, 3.63) is 60.2 Å². The maximum atomic E-state index is 13.5. The predicted molar refractivity (Wildman–Crippen MR) is 94.3 cm³/mol. The monoisotopic (exact) mass is 355 g/mol. The molecule has 1 amide bonds. The standard InChI is InChI=1S/C19H18FN3O3/c1-25-14-7-4-6-13(12-14)19-22-18(26-23-19)11-5-10-17(24)21-16-9-3-2-8-15(16)20/h2-4,6-9,12H,5,10-11H2,1H3,(H,21,24). The molecule has 0 aliphatic rings. The van der Waals surface area contributed by atoms with Gasteiger partial charge in [0.1, 0.15) is 11.6 Å². The Morgan fingerprint density at radius 1 is 1.23 bits per heavy atom. The van der Waals surface area contributed by atoms with Crippen LogP contribution in [0.3, 0.4) is 0 Å². The van der Waals surface area contributed by atoms with E-state index < -0.39 is 5.82 Å². The molecule has 0 spiro atoms. The van der Waals surface area contributed by atoms with Crippen molar-refractivity contribution in [2.45, 2.75) is 19.3 Å². The molecule has 0 saturated heterocycles. The maximum Gasteiger partial charge on any atom is 0.226 e. The summed E-state index contributed by atoms with van der Waals surface area (Å²) in [5, 5.41) is 6.49. The second-order valence-corrected chi connectivity index (χ2v) is 5.63. The number of benzene rings is 2. The third-order valence-electron chi connectivity index (χ3n) is 3.74. The highest BCUT2D eigenvalue weighted by Crippen LogP contribution is 2.21. The van der Waals surface area contributed by atoms with Crippen LogP contribution in [0.4, 0.5) is 10.1 Å². The van der Waals surface area contributed by atoms with Crippen molar-refractivity contribution in [3.8, 4) is 17.1 Å². The number of hydrogen-bond donors (Lipinski definition) is 1. The molecule has 1 aromatic heterocycles. The van der Waals surface area contributed by atoms with E-state index in [4.69, 9.17) is 9.26 Å². The van der Waals surface area contributed by atoms with Crippen LogP contribution in [0.2, 0.25) is 0 Å². The molecular formula is C19H18FN3O3. The van der Waals surface area contributed by atoms with Gasteiger partial charge in [0.05, 0.1) is 12.8 Å². The van der Waals surface area contributed by atoms with E-state index in [-0.39, 0.29) is 18.0 Å². The second-order valence-electron chi connectivity index (χ2n) is 5.63. The van der Waals surface area contributed by atoms with E-state index in [1.807, 2.05) is 24.3 Å². The molecule has 0 fully saturated rings. The van der Waals surface area contributed by atoms with Gasteiger partial charge in [-0.15, -0.1) is 0 Å². The van der Waals surface area contributed by atoms with Crippen LogP contribution in [0.15, 0.2) is 53.1 Å². The first-order chi connectivity index (χ1) is 12.7. The minimum atomic E-state index is -0.458. The Bertz CT molecular complexity index is 895. The number of aromatic nitrogens is 2. The molecule has 26 heavy (non-hydrogen) atoms. The fourth-order valence-corrected chi connectivity index (χ4v) is 2.41. The number of carbonyl (C=O) groups excluding carboxylic acids is 1. The fraction of sp³-hybridized carbons (Fsp3) is 0.211. The highest BCUT2D eigenvalue weighted by molar-refractivity contribution is 5.90. The Balaban J connectivity index is 1.52. The van der Waals surface area contributed by atoms with Gasteiger partial charge in [-0.3, -0.25) is 4.79 Å². The largest absolute Gasteiger partial charge is 0.497 e. The van der Waals surface area contributed by atoms with Crippen molar-refractivity contribution in [1.29, 1.82) is 0 Å². The normalized spacial score (nSPS) is 10.5. The molecule has 134 valence electrons. The van der Waals surface area contributed by atoms with E-state index in [0.29, 0.717) is 30.3 Å². The van der Waals surface area contributed by atoms with E-state index in [9.17, 15) is 9.18 Å². The van der Waals surface area contributed by atoms with Crippen LogP contribution >= 0.6 is 0 Å². The average molecular weight is 355 g/mol. The molecule has 3 rings (SSSR count). The van der Waals surface area contributed by atoms with Crippen LogP contribution in [0, 0.1) is 5.82 Å². The number of nitrogens with one attached hydrogen (secondary N) is 1. The highest BCUT2D eigenvalue weighted by Gasteiger charge is 2.11. The molecule has 0 aliphatic carbocycles. The van der Waals surface area contributed by atoms with Gasteiger partial charge in [0, 0.05) is 18.4 Å². The van der Waals surface area contributed by atoms with Crippen molar-refractivity contribution in [3.63, 3.8) is 0 Å². The van der Waals surface area contributed by atoms with E-state index in [0.717, 1.165) is 5.56 Å². The van der Waals surface area contributed by atoms with Gasteiger partial charge in [-0.25, -0.2) is 4.39 Å². The van der Waals surface area contributed by atoms with Crippen LogP contribution in [-0.2, 0) is 11.2 Å². The van der Waals surface area contributed by atoms with Gasteiger partial charge >= 0.3 is 0 Å². The molecule has 1 heterocycles. The Hall–Kier alpha value is -3.22. The second kappa shape index (κ2) is 8.24. The van der Waals surface area contributed by atoms with Gasteiger partial charge in [0.2, 0.25) is 17.6 Å². The number of anilines is 1. The summed E-state index contributed by atoms with van der Waals surface area (Å²) in [5.74, 6) is 0.901. The molecule has 6 nitrogen and oxygen atoms in total. The van der Waals surface area contributed by atoms with Crippen molar-refractivity contribution in [2.24, 2.45) is 0 Å². The SMILES string of the molecule is COc1cccc(-c2noc(CCCC(=O)Nc3ccccc3F)n2)c1. The van der Waals surface area contributed by atoms with Crippen molar-refractivity contribution in [1.82, 2.24) is 10.1 Å². The molecule has 0 radical (unpaired) electrons. The van der Waals surface area contributed by atoms with E-state index in [2.05, 4.69) is 15.5 Å². The number of halogens is 1. The van der Waals surface area contributed by atoms with Crippen molar-refractivity contribution >= 4 is 11.6 Å². The molecule has 3 aromatic rings. The summed E-state index contributed by atoms with van der Waals surface area (Å²) in [7, 11) is 1.59. The minimum absolute atomic E-state index is 0.176. The predicted octanol–water partition coefficient (Wildman–Crippen LogP) is 3.85. The summed E-state index contributed by atoms with van der Waals surface area (Å²) < 4.78 is 23.9. The zero-order valence-corrected chi connectivity index (χ0v) is 14.2. The lowest BCUT2D eigenvalue weighted by Crippen LogP contribution is -2.12. The molecule has 2 aromatic carbocycles. The number of para-hydroxylation sites is 1. The quantitative estimate of drug-likeness (QED) is 0.697. The van der Waals surface area contributed by atoms with Crippen LogP contribution in [0.25, 0.3) is 11.4 Å². The van der Waals surface area contributed by atoms with Crippen molar-refractivity contribution in [2.75, 3.05) is 12.4 Å². The highest BCUT2D eigenvalue weighted by atomic mass is 19.1. The molecule has 0 unspecified atom stereocenters. The van der Waals surface area contributed by atoms with Crippen molar-refractivity contribution < 1.29 is 18.4 Å². The van der Waals surface area contributed by atoms with Gasteiger partial charge < -0.3 is 14.6 Å². The Labute approximate surface area is 150 Å². The summed E-state index contributed by atoms with van der Waals surface area (Å²) in [6.07, 6.45) is 1.20. The third kappa shape index (κ3) is 4.44. The van der Waals surface area contributed by atoms with Crippen LogP contribution in [0.5, 0.6) is 5.75 Å². The number of rotatable bonds is 7. The average Bonchev–Trinajstić information content (AvgIpc) is 3.13. The number of aryl methyl sites for hydroxylation is 1. The summed E-state index contributed by atoms with van der Waals surface area (Å²) in [6, 6.07) is 13.4. The zero-order valence-electron chi connectivity index (χ0n) is 14.2. The first-order valence-electron chi connectivity index (χ1n) is 8.17. The molecule has 7 heteroatoms. The molecule has 0 atom stereocenters. The topological polar surface area (TPSA) is 77.2 Å². The Morgan fingerprint density at radius 3 is 2.88 bits per heavy atom. The lowest BCUT2D eigenvalue weighted by Gasteiger charge is -2.05. The van der Waals surface area contributed by atoms with E-state index in [1.165, 1.54) is 12.1 Å². The molecule has 0 saturated carbocycles. The van der Waals surface area contributed by atoms with Crippen LogP contribution in [0.1, 0.15) is 18.7 Å².